The molecule has 1 aliphatic rings. The number of ether oxygens (including phenoxy) is 1. The third kappa shape index (κ3) is 7.12. The van der Waals surface area contributed by atoms with Gasteiger partial charge in [0.15, 0.2) is 6.23 Å². The topological polar surface area (TPSA) is 193 Å². The second-order valence-corrected chi connectivity index (χ2v) is 9.32. The molecule has 0 radical (unpaired) electrons. The van der Waals surface area contributed by atoms with E-state index < -0.39 is 50.0 Å². The average Bonchev–Trinajstić information content (AvgIpc) is 3.07. The molecular weight excluding hydrogens is 475 g/mol. The molecule has 1 unspecified atom stereocenters. The Morgan fingerprint density at radius 1 is 1.24 bits per heavy atom. The van der Waals surface area contributed by atoms with Gasteiger partial charge >= 0.3 is 25.3 Å². The van der Waals surface area contributed by atoms with E-state index in [-0.39, 0.29) is 43.6 Å². The number of hydroxylamine groups is 2. The molecule has 2 aromatic rings. The van der Waals surface area contributed by atoms with Crippen LogP contribution in [-0.2, 0) is 36.7 Å². The van der Waals surface area contributed by atoms with Gasteiger partial charge in [-0.05, 0) is 30.2 Å². The molecule has 0 bridgehead atoms. The molecule has 1 atom stereocenters. The molecule has 0 saturated carbocycles. The van der Waals surface area contributed by atoms with Gasteiger partial charge in [0.05, 0.1) is 19.2 Å². The van der Waals surface area contributed by atoms with E-state index in [2.05, 4.69) is 5.32 Å². The van der Waals surface area contributed by atoms with Gasteiger partial charge in [-0.15, -0.1) is 5.06 Å². The summed E-state index contributed by atoms with van der Waals surface area (Å²) in [5.74, 6) is -1.26. The Labute approximate surface area is 192 Å². The van der Waals surface area contributed by atoms with E-state index in [1.54, 1.807) is 12.1 Å². The van der Waals surface area contributed by atoms with Crippen molar-refractivity contribution in [2.45, 2.75) is 38.5 Å². The molecule has 14 heteroatoms. The summed E-state index contributed by atoms with van der Waals surface area (Å²) in [4.78, 5) is 70.0. The van der Waals surface area contributed by atoms with Gasteiger partial charge in [0, 0.05) is 30.3 Å². The number of rotatable bonds is 9. The first-order chi connectivity index (χ1) is 16.0. The second kappa shape index (κ2) is 10.8. The maximum atomic E-state index is 12.1. The van der Waals surface area contributed by atoms with E-state index in [0.29, 0.717) is 16.0 Å². The van der Waals surface area contributed by atoms with E-state index in [4.69, 9.17) is 23.8 Å². The van der Waals surface area contributed by atoms with Crippen molar-refractivity contribution in [3.05, 3.63) is 45.8 Å². The number of aliphatic hydroxyl groups is 1. The fourth-order valence-electron chi connectivity index (χ4n) is 3.17. The summed E-state index contributed by atoms with van der Waals surface area (Å²) in [5.41, 5.74) is 0.139. The highest BCUT2D eigenvalue weighted by molar-refractivity contribution is 7.51. The minimum atomic E-state index is -4.18. The molecule has 13 nitrogen and oxygen atoms in total. The van der Waals surface area contributed by atoms with Crippen molar-refractivity contribution in [3.8, 4) is 0 Å². The van der Waals surface area contributed by atoms with Crippen LogP contribution in [0.3, 0.4) is 0 Å². The van der Waals surface area contributed by atoms with E-state index in [1.807, 2.05) is 0 Å². The van der Waals surface area contributed by atoms with Crippen LogP contribution in [0, 0.1) is 0 Å². The molecule has 1 saturated heterocycles. The number of benzene rings is 1. The quantitative estimate of drug-likeness (QED) is 0.163. The Balaban J connectivity index is 1.58. The van der Waals surface area contributed by atoms with Gasteiger partial charge in [-0.25, -0.2) is 9.59 Å². The molecule has 3 rings (SSSR count). The maximum Gasteiger partial charge on any atom is 0.432 e. The van der Waals surface area contributed by atoms with Gasteiger partial charge in [-0.1, -0.05) is 6.07 Å². The zero-order valence-electron chi connectivity index (χ0n) is 17.8. The van der Waals surface area contributed by atoms with Crippen LogP contribution in [0.4, 0.5) is 4.79 Å². The van der Waals surface area contributed by atoms with Crippen molar-refractivity contribution < 1.29 is 47.8 Å². The molecule has 184 valence electrons. The molecule has 1 fully saturated rings. The van der Waals surface area contributed by atoms with Crippen LogP contribution in [0.2, 0.25) is 0 Å². The molecule has 2 heterocycles. The molecule has 1 aromatic heterocycles. The van der Waals surface area contributed by atoms with Crippen LogP contribution >= 0.6 is 7.60 Å². The molecule has 2 amide bonds. The van der Waals surface area contributed by atoms with Crippen molar-refractivity contribution in [1.82, 2.24) is 10.4 Å². The van der Waals surface area contributed by atoms with Gasteiger partial charge in [0.1, 0.15) is 5.58 Å². The number of aliphatic hydroxyl groups excluding tert-OH is 1. The van der Waals surface area contributed by atoms with Crippen molar-refractivity contribution >= 4 is 36.5 Å². The second-order valence-electron chi connectivity index (χ2n) is 7.54. The molecule has 4 N–H and O–H groups in total. The lowest BCUT2D eigenvalue weighted by Crippen LogP contribution is -2.38. The third-order valence-electron chi connectivity index (χ3n) is 4.81. The van der Waals surface area contributed by atoms with Crippen molar-refractivity contribution in [1.29, 1.82) is 0 Å². The smallest absolute Gasteiger partial charge is 0.432 e. The summed E-state index contributed by atoms with van der Waals surface area (Å²) in [6.07, 6.45) is -2.70. The zero-order chi connectivity index (χ0) is 24.9. The number of hydrogen-bond acceptors (Lipinski definition) is 9. The fraction of sp³-hybridized carbons (Fsp3) is 0.400. The summed E-state index contributed by atoms with van der Waals surface area (Å²) in [6, 6.07) is 6.16. The SMILES string of the molecule is O=C(Cc1cc2cc(CNC(=O)ON3C(=O)CCC3O)ccc2oc1=O)OCCCP(=O)(O)O. The van der Waals surface area contributed by atoms with Crippen molar-refractivity contribution in [2.24, 2.45) is 0 Å². The van der Waals surface area contributed by atoms with E-state index in [1.165, 1.54) is 12.1 Å². The number of hydrogen-bond donors (Lipinski definition) is 4. The van der Waals surface area contributed by atoms with Gasteiger partial charge in [-0.3, -0.25) is 14.2 Å². The number of esters is 1. The minimum Gasteiger partial charge on any atom is -0.465 e. The summed E-state index contributed by atoms with van der Waals surface area (Å²) in [5, 5.41) is 13.1. The zero-order valence-corrected chi connectivity index (χ0v) is 18.7. The highest BCUT2D eigenvalue weighted by Gasteiger charge is 2.32. The van der Waals surface area contributed by atoms with E-state index in [0.717, 1.165) is 0 Å². The number of carbonyl (C=O) groups is 3. The first-order valence-corrected chi connectivity index (χ1v) is 12.0. The van der Waals surface area contributed by atoms with Crippen molar-refractivity contribution in [2.75, 3.05) is 12.8 Å². The molecule has 1 aromatic carbocycles. The Morgan fingerprint density at radius 2 is 2.00 bits per heavy atom. The van der Waals surface area contributed by atoms with Crippen LogP contribution in [0.1, 0.15) is 30.4 Å². The predicted molar refractivity (Wildman–Crippen MR) is 114 cm³/mol. The molecule has 34 heavy (non-hydrogen) atoms. The first kappa shape index (κ1) is 25.4. The Kier molecular flexibility index (Phi) is 8.05. The third-order valence-corrected chi connectivity index (χ3v) is 5.71. The number of nitrogens with one attached hydrogen (secondary N) is 1. The van der Waals surface area contributed by atoms with E-state index in [9.17, 15) is 28.8 Å². The van der Waals surface area contributed by atoms with Gasteiger partial charge in [0.25, 0.3) is 5.91 Å². The number of nitrogens with zero attached hydrogens (tertiary/aromatic N) is 1. The van der Waals surface area contributed by atoms with Gasteiger partial charge in [0.2, 0.25) is 0 Å². The molecular formula is C20H23N2O11P. The lowest BCUT2D eigenvalue weighted by molar-refractivity contribution is -0.189. The molecule has 1 aliphatic heterocycles. The van der Waals surface area contributed by atoms with Crippen LogP contribution in [0.15, 0.2) is 33.5 Å². The maximum absolute atomic E-state index is 12.1. The summed E-state index contributed by atoms with van der Waals surface area (Å²) in [6.45, 7) is -0.197. The van der Waals surface area contributed by atoms with Gasteiger partial charge < -0.3 is 34.2 Å². The fourth-order valence-corrected chi connectivity index (χ4v) is 3.71. The molecule has 0 spiro atoms. The normalized spacial score (nSPS) is 16.0. The summed E-state index contributed by atoms with van der Waals surface area (Å²) >= 11 is 0. The first-order valence-electron chi connectivity index (χ1n) is 10.2. The van der Waals surface area contributed by atoms with Crippen LogP contribution in [0.25, 0.3) is 11.0 Å². The monoisotopic (exact) mass is 498 g/mol. The van der Waals surface area contributed by atoms with Crippen LogP contribution < -0.4 is 10.9 Å². The van der Waals surface area contributed by atoms with Gasteiger partial charge in [-0.2, -0.15) is 0 Å². The lowest BCUT2D eigenvalue weighted by Gasteiger charge is -2.18. The number of amides is 2. The van der Waals surface area contributed by atoms with Crippen LogP contribution in [-0.4, -0.2) is 56.9 Å². The largest absolute Gasteiger partial charge is 0.465 e. The van der Waals surface area contributed by atoms with Crippen molar-refractivity contribution in [3.63, 3.8) is 0 Å². The molecule has 0 aliphatic carbocycles. The standard InChI is InChI=1S/C20H23N2O11P/c23-16-4-5-17(24)22(16)33-20(27)21-11-12-2-3-15-13(8-12)9-14(19(26)32-15)10-18(25)31-6-1-7-34(28,29)30/h2-3,8-9,16,23H,1,4-7,10-11H2,(H,21,27)(H2,28,29,30). The lowest BCUT2D eigenvalue weighted by atomic mass is 10.1. The van der Waals surface area contributed by atoms with E-state index >= 15 is 0 Å². The highest BCUT2D eigenvalue weighted by atomic mass is 31.2. The summed E-state index contributed by atoms with van der Waals surface area (Å²) in [7, 11) is -4.18. The Hall–Kier alpha value is -3.25. The summed E-state index contributed by atoms with van der Waals surface area (Å²) < 4.78 is 20.9. The van der Waals surface area contributed by atoms with Crippen LogP contribution in [0.5, 0.6) is 0 Å². The average molecular weight is 498 g/mol. The minimum absolute atomic E-state index is 0.00295. The Bertz CT molecular complexity index is 1190. The number of carbonyl (C=O) groups excluding carboxylic acids is 3. The highest BCUT2D eigenvalue weighted by Crippen LogP contribution is 2.34. The predicted octanol–water partition coefficient (Wildman–Crippen LogP) is 0.528. The Morgan fingerprint density at radius 3 is 2.68 bits per heavy atom. The number of fused-ring (bicyclic) bond motifs is 1.